The van der Waals surface area contributed by atoms with Gasteiger partial charge in [0.1, 0.15) is 11.6 Å². The van der Waals surface area contributed by atoms with Gasteiger partial charge in [-0.25, -0.2) is 4.39 Å². The SMILES string of the molecule is CCNCCCc1cc(F)ccc1OC. The van der Waals surface area contributed by atoms with Crippen LogP contribution in [-0.4, -0.2) is 20.2 Å². The van der Waals surface area contributed by atoms with Crippen molar-refractivity contribution in [2.75, 3.05) is 20.2 Å². The standard InChI is InChI=1S/C12H18FNO/c1-3-14-8-4-5-10-9-11(13)6-7-12(10)15-2/h6-7,9,14H,3-5,8H2,1-2H3. The molecule has 1 aromatic rings. The van der Waals surface area contributed by atoms with Crippen LogP contribution in [-0.2, 0) is 6.42 Å². The van der Waals surface area contributed by atoms with Gasteiger partial charge in [-0.15, -0.1) is 0 Å². The third-order valence-electron chi connectivity index (χ3n) is 2.29. The van der Waals surface area contributed by atoms with Gasteiger partial charge in [0.15, 0.2) is 0 Å². The maximum absolute atomic E-state index is 13.0. The maximum atomic E-state index is 13.0. The molecule has 0 unspecified atom stereocenters. The Bertz CT molecular complexity index is 302. The van der Waals surface area contributed by atoms with E-state index >= 15 is 0 Å². The molecule has 15 heavy (non-hydrogen) atoms. The molecule has 0 atom stereocenters. The van der Waals surface area contributed by atoms with Gasteiger partial charge < -0.3 is 10.1 Å². The van der Waals surface area contributed by atoms with Gasteiger partial charge in [0.25, 0.3) is 0 Å². The summed E-state index contributed by atoms with van der Waals surface area (Å²) in [7, 11) is 1.61. The fraction of sp³-hybridized carbons (Fsp3) is 0.500. The summed E-state index contributed by atoms with van der Waals surface area (Å²) in [6.07, 6.45) is 1.83. The van der Waals surface area contributed by atoms with Crippen molar-refractivity contribution in [2.24, 2.45) is 0 Å². The Morgan fingerprint density at radius 1 is 1.40 bits per heavy atom. The normalized spacial score (nSPS) is 10.3. The molecule has 0 amide bonds. The highest BCUT2D eigenvalue weighted by Gasteiger charge is 2.03. The van der Waals surface area contributed by atoms with E-state index in [0.29, 0.717) is 0 Å². The van der Waals surface area contributed by atoms with Crippen LogP contribution in [0.4, 0.5) is 4.39 Å². The Kier molecular flexibility index (Phi) is 5.12. The molecule has 1 N–H and O–H groups in total. The summed E-state index contributed by atoms with van der Waals surface area (Å²) < 4.78 is 18.2. The molecule has 0 aliphatic carbocycles. The van der Waals surface area contributed by atoms with Gasteiger partial charge in [0.05, 0.1) is 7.11 Å². The minimum absolute atomic E-state index is 0.200. The zero-order chi connectivity index (χ0) is 11.1. The number of benzene rings is 1. The lowest BCUT2D eigenvalue weighted by Crippen LogP contribution is -2.14. The first-order valence-electron chi connectivity index (χ1n) is 5.31. The van der Waals surface area contributed by atoms with Crippen molar-refractivity contribution in [2.45, 2.75) is 19.8 Å². The number of aryl methyl sites for hydroxylation is 1. The summed E-state index contributed by atoms with van der Waals surface area (Å²) in [4.78, 5) is 0. The first kappa shape index (κ1) is 12.0. The Balaban J connectivity index is 2.54. The van der Waals surface area contributed by atoms with E-state index in [1.807, 2.05) is 0 Å². The molecule has 0 saturated heterocycles. The van der Waals surface area contributed by atoms with E-state index in [1.54, 1.807) is 19.2 Å². The molecule has 0 bridgehead atoms. The summed E-state index contributed by atoms with van der Waals surface area (Å²) in [5, 5.41) is 3.24. The third kappa shape index (κ3) is 3.88. The van der Waals surface area contributed by atoms with Crippen molar-refractivity contribution in [3.05, 3.63) is 29.6 Å². The van der Waals surface area contributed by atoms with Gasteiger partial charge in [0, 0.05) is 0 Å². The van der Waals surface area contributed by atoms with Crippen LogP contribution < -0.4 is 10.1 Å². The largest absolute Gasteiger partial charge is 0.496 e. The molecule has 0 heterocycles. The number of methoxy groups -OCH3 is 1. The van der Waals surface area contributed by atoms with Crippen molar-refractivity contribution in [3.63, 3.8) is 0 Å². The van der Waals surface area contributed by atoms with Crippen molar-refractivity contribution >= 4 is 0 Å². The molecule has 2 nitrogen and oxygen atoms in total. The average molecular weight is 211 g/mol. The summed E-state index contributed by atoms with van der Waals surface area (Å²) in [5.74, 6) is 0.571. The molecule has 1 aromatic carbocycles. The maximum Gasteiger partial charge on any atom is 0.123 e. The first-order chi connectivity index (χ1) is 7.27. The van der Waals surface area contributed by atoms with E-state index in [0.717, 1.165) is 37.2 Å². The third-order valence-corrected chi connectivity index (χ3v) is 2.29. The topological polar surface area (TPSA) is 21.3 Å². The quantitative estimate of drug-likeness (QED) is 0.729. The predicted molar refractivity (Wildman–Crippen MR) is 59.8 cm³/mol. The molecule has 0 aliphatic rings. The van der Waals surface area contributed by atoms with Crippen LogP contribution in [0.1, 0.15) is 18.9 Å². The molecular formula is C12H18FNO. The molecule has 0 aliphatic heterocycles. The highest BCUT2D eigenvalue weighted by atomic mass is 19.1. The lowest BCUT2D eigenvalue weighted by molar-refractivity contribution is 0.407. The Morgan fingerprint density at radius 3 is 2.87 bits per heavy atom. The van der Waals surface area contributed by atoms with E-state index in [9.17, 15) is 4.39 Å². The molecule has 0 spiro atoms. The van der Waals surface area contributed by atoms with Gasteiger partial charge in [-0.1, -0.05) is 6.92 Å². The van der Waals surface area contributed by atoms with Gasteiger partial charge in [-0.3, -0.25) is 0 Å². The summed E-state index contributed by atoms with van der Waals surface area (Å²) in [5.41, 5.74) is 0.940. The minimum Gasteiger partial charge on any atom is -0.496 e. The second kappa shape index (κ2) is 6.40. The van der Waals surface area contributed by atoms with Gasteiger partial charge >= 0.3 is 0 Å². The zero-order valence-corrected chi connectivity index (χ0v) is 9.35. The number of hydrogen-bond acceptors (Lipinski definition) is 2. The molecule has 84 valence electrons. The first-order valence-corrected chi connectivity index (χ1v) is 5.31. The monoisotopic (exact) mass is 211 g/mol. The van der Waals surface area contributed by atoms with Crippen LogP contribution in [0.2, 0.25) is 0 Å². The Hall–Kier alpha value is -1.09. The summed E-state index contributed by atoms with van der Waals surface area (Å²) in [6, 6.07) is 4.65. The number of nitrogens with one attached hydrogen (secondary N) is 1. The van der Waals surface area contributed by atoms with E-state index in [2.05, 4.69) is 12.2 Å². The smallest absolute Gasteiger partial charge is 0.123 e. The van der Waals surface area contributed by atoms with Crippen molar-refractivity contribution in [3.8, 4) is 5.75 Å². The lowest BCUT2D eigenvalue weighted by atomic mass is 10.1. The summed E-state index contributed by atoms with van der Waals surface area (Å²) in [6.45, 7) is 4.00. The van der Waals surface area contributed by atoms with Gasteiger partial charge in [-0.05, 0) is 49.7 Å². The van der Waals surface area contributed by atoms with E-state index in [-0.39, 0.29) is 5.82 Å². The molecule has 0 fully saturated rings. The van der Waals surface area contributed by atoms with Crippen molar-refractivity contribution in [1.29, 1.82) is 0 Å². The number of hydrogen-bond donors (Lipinski definition) is 1. The fourth-order valence-corrected chi connectivity index (χ4v) is 1.52. The average Bonchev–Trinajstić information content (AvgIpc) is 2.25. The highest BCUT2D eigenvalue weighted by molar-refractivity contribution is 5.33. The van der Waals surface area contributed by atoms with Gasteiger partial charge in [-0.2, -0.15) is 0 Å². The second-order valence-electron chi connectivity index (χ2n) is 3.41. The predicted octanol–water partition coefficient (Wildman–Crippen LogP) is 2.38. The number of halogens is 1. The Labute approximate surface area is 90.4 Å². The highest BCUT2D eigenvalue weighted by Crippen LogP contribution is 2.20. The van der Waals surface area contributed by atoms with Crippen molar-refractivity contribution < 1.29 is 9.13 Å². The van der Waals surface area contributed by atoms with Crippen LogP contribution >= 0.6 is 0 Å². The molecular weight excluding hydrogens is 193 g/mol. The van der Waals surface area contributed by atoms with Crippen LogP contribution in [0.3, 0.4) is 0 Å². The molecule has 0 aromatic heterocycles. The molecule has 1 rings (SSSR count). The second-order valence-corrected chi connectivity index (χ2v) is 3.41. The van der Waals surface area contributed by atoms with Crippen molar-refractivity contribution in [1.82, 2.24) is 5.32 Å². The van der Waals surface area contributed by atoms with Crippen LogP contribution in [0.25, 0.3) is 0 Å². The number of rotatable bonds is 6. The van der Waals surface area contributed by atoms with Gasteiger partial charge in [0.2, 0.25) is 0 Å². The van der Waals surface area contributed by atoms with E-state index < -0.39 is 0 Å². The van der Waals surface area contributed by atoms with Crippen LogP contribution in [0.15, 0.2) is 18.2 Å². The van der Waals surface area contributed by atoms with E-state index in [4.69, 9.17) is 4.74 Å². The molecule has 0 saturated carbocycles. The lowest BCUT2D eigenvalue weighted by Gasteiger charge is -2.08. The Morgan fingerprint density at radius 2 is 2.20 bits per heavy atom. The fourth-order valence-electron chi connectivity index (χ4n) is 1.52. The molecule has 3 heteroatoms. The number of ether oxygens (including phenoxy) is 1. The minimum atomic E-state index is -0.200. The van der Waals surface area contributed by atoms with Crippen LogP contribution in [0, 0.1) is 5.82 Å². The van der Waals surface area contributed by atoms with Crippen LogP contribution in [0.5, 0.6) is 5.75 Å². The summed E-state index contributed by atoms with van der Waals surface area (Å²) >= 11 is 0. The molecule has 0 radical (unpaired) electrons. The zero-order valence-electron chi connectivity index (χ0n) is 9.35. The van der Waals surface area contributed by atoms with E-state index in [1.165, 1.54) is 6.07 Å².